The lowest BCUT2D eigenvalue weighted by Gasteiger charge is -2.33. The Morgan fingerprint density at radius 1 is 0.903 bits per heavy atom. The second-order valence-corrected chi connectivity index (χ2v) is 10.2. The summed E-state index contributed by atoms with van der Waals surface area (Å²) in [7, 11) is 0. The van der Waals surface area contributed by atoms with Gasteiger partial charge in [-0.05, 0) is 91.5 Å². The highest BCUT2D eigenvalue weighted by molar-refractivity contribution is 5.98. The third-order valence-corrected chi connectivity index (χ3v) is 4.88. The molecule has 1 aromatic carbocycles. The zero-order valence-electron chi connectivity index (χ0n) is 20.0. The van der Waals surface area contributed by atoms with E-state index in [1.807, 2.05) is 55.4 Å². The molecule has 1 N–H and O–H groups in total. The summed E-state index contributed by atoms with van der Waals surface area (Å²) >= 11 is 0. The monoisotopic (exact) mass is 432 g/mol. The van der Waals surface area contributed by atoms with Crippen molar-refractivity contribution in [2.75, 3.05) is 13.1 Å². The summed E-state index contributed by atoms with van der Waals surface area (Å²) in [4.78, 5) is 39.2. The van der Waals surface area contributed by atoms with Crippen LogP contribution in [0.1, 0.15) is 86.2 Å². The minimum absolute atomic E-state index is 0.0164. The summed E-state index contributed by atoms with van der Waals surface area (Å²) in [6, 6.07) is 3.42. The van der Waals surface area contributed by atoms with E-state index in [-0.39, 0.29) is 24.0 Å². The summed E-state index contributed by atoms with van der Waals surface area (Å²) < 4.78 is 10.9. The van der Waals surface area contributed by atoms with Crippen molar-refractivity contribution in [1.82, 2.24) is 10.2 Å². The van der Waals surface area contributed by atoms with Crippen LogP contribution in [-0.2, 0) is 9.47 Å². The number of esters is 1. The van der Waals surface area contributed by atoms with Gasteiger partial charge in [-0.2, -0.15) is 0 Å². The molecule has 0 aliphatic carbocycles. The van der Waals surface area contributed by atoms with Gasteiger partial charge in [-0.3, -0.25) is 4.79 Å². The van der Waals surface area contributed by atoms with Crippen molar-refractivity contribution in [3.05, 3.63) is 34.4 Å². The molecule has 0 aromatic heterocycles. The van der Waals surface area contributed by atoms with Crippen LogP contribution in [0, 0.1) is 13.8 Å². The van der Waals surface area contributed by atoms with Gasteiger partial charge in [-0.1, -0.05) is 0 Å². The maximum atomic E-state index is 12.8. The second-order valence-electron chi connectivity index (χ2n) is 10.2. The van der Waals surface area contributed by atoms with Gasteiger partial charge in [0.15, 0.2) is 0 Å². The number of aryl methyl sites for hydroxylation is 2. The summed E-state index contributed by atoms with van der Waals surface area (Å²) in [6.45, 7) is 15.7. The fraction of sp³-hybridized carbons (Fsp3) is 0.625. The molecule has 2 amide bonds. The molecule has 1 fully saturated rings. The van der Waals surface area contributed by atoms with Gasteiger partial charge in [0.25, 0.3) is 5.91 Å². The van der Waals surface area contributed by atoms with Gasteiger partial charge >= 0.3 is 12.1 Å². The van der Waals surface area contributed by atoms with Gasteiger partial charge < -0.3 is 19.7 Å². The Morgan fingerprint density at radius 3 is 1.84 bits per heavy atom. The number of amides is 2. The summed E-state index contributed by atoms with van der Waals surface area (Å²) in [6.07, 6.45) is 1.01. The molecule has 0 saturated carbocycles. The van der Waals surface area contributed by atoms with Crippen LogP contribution in [0.25, 0.3) is 0 Å². The maximum Gasteiger partial charge on any atom is 0.410 e. The van der Waals surface area contributed by atoms with Crippen molar-refractivity contribution in [1.29, 1.82) is 0 Å². The molecule has 0 radical (unpaired) electrons. The Morgan fingerprint density at radius 2 is 1.39 bits per heavy atom. The van der Waals surface area contributed by atoms with Crippen LogP contribution in [0.2, 0.25) is 0 Å². The van der Waals surface area contributed by atoms with E-state index >= 15 is 0 Å². The Balaban J connectivity index is 1.99. The van der Waals surface area contributed by atoms with Crippen LogP contribution >= 0.6 is 0 Å². The van der Waals surface area contributed by atoms with Crippen molar-refractivity contribution < 1.29 is 23.9 Å². The summed E-state index contributed by atoms with van der Waals surface area (Å²) in [5, 5.41) is 3.05. The van der Waals surface area contributed by atoms with Crippen molar-refractivity contribution in [2.45, 2.75) is 85.5 Å². The molecule has 1 saturated heterocycles. The summed E-state index contributed by atoms with van der Waals surface area (Å²) in [5.74, 6) is -0.568. The van der Waals surface area contributed by atoms with Crippen LogP contribution in [-0.4, -0.2) is 53.2 Å². The third-order valence-electron chi connectivity index (χ3n) is 4.88. The topological polar surface area (TPSA) is 84.9 Å². The van der Waals surface area contributed by atoms with Crippen molar-refractivity contribution >= 4 is 18.0 Å². The molecule has 7 nitrogen and oxygen atoms in total. The molecular weight excluding hydrogens is 396 g/mol. The van der Waals surface area contributed by atoms with Gasteiger partial charge in [0.2, 0.25) is 0 Å². The van der Waals surface area contributed by atoms with Gasteiger partial charge in [0.05, 0.1) is 5.56 Å². The number of carbonyl (C=O) groups is 3. The lowest BCUT2D eigenvalue weighted by molar-refractivity contribution is 0.00665. The minimum Gasteiger partial charge on any atom is -0.456 e. The normalized spacial score (nSPS) is 15.4. The largest absolute Gasteiger partial charge is 0.456 e. The number of nitrogens with one attached hydrogen (secondary N) is 1. The van der Waals surface area contributed by atoms with Crippen LogP contribution in [0.4, 0.5) is 4.79 Å². The molecule has 0 unspecified atom stereocenters. The predicted octanol–water partition coefficient (Wildman–Crippen LogP) is 4.39. The van der Waals surface area contributed by atoms with E-state index in [1.165, 1.54) is 0 Å². The highest BCUT2D eigenvalue weighted by Crippen LogP contribution is 2.22. The highest BCUT2D eigenvalue weighted by atomic mass is 16.6. The SMILES string of the molecule is Cc1cc(C(=O)NC2CCN(C(=O)OC(C)(C)C)CC2)cc(C)c1C(=O)OC(C)(C)C. The standard InChI is InChI=1S/C24H36N2O5/c1-15-13-17(14-16(2)19(15)21(28)30-23(3,4)5)20(27)25-18-9-11-26(12-10-18)22(29)31-24(6,7)8/h13-14,18H,9-12H2,1-8H3,(H,25,27). The first-order valence-electron chi connectivity index (χ1n) is 10.8. The number of rotatable bonds is 3. The van der Waals surface area contributed by atoms with E-state index in [4.69, 9.17) is 9.47 Å². The lowest BCUT2D eigenvalue weighted by atomic mass is 9.98. The van der Waals surface area contributed by atoms with E-state index in [0.29, 0.717) is 48.2 Å². The smallest absolute Gasteiger partial charge is 0.410 e. The molecule has 0 spiro atoms. The molecule has 1 aliphatic rings. The quantitative estimate of drug-likeness (QED) is 0.716. The van der Waals surface area contributed by atoms with E-state index < -0.39 is 11.2 Å². The predicted molar refractivity (Wildman–Crippen MR) is 119 cm³/mol. The average Bonchev–Trinajstić information content (AvgIpc) is 2.58. The number of carbonyl (C=O) groups excluding carboxylic acids is 3. The average molecular weight is 433 g/mol. The maximum absolute atomic E-state index is 12.8. The first kappa shape index (κ1) is 24.7. The van der Waals surface area contributed by atoms with E-state index in [9.17, 15) is 14.4 Å². The van der Waals surface area contributed by atoms with Crippen molar-refractivity contribution in [3.8, 4) is 0 Å². The minimum atomic E-state index is -0.583. The van der Waals surface area contributed by atoms with E-state index in [1.54, 1.807) is 17.0 Å². The van der Waals surface area contributed by atoms with Crippen LogP contribution in [0.5, 0.6) is 0 Å². The molecule has 1 heterocycles. The number of hydrogen-bond acceptors (Lipinski definition) is 5. The lowest BCUT2D eigenvalue weighted by Crippen LogP contribution is -2.47. The Kier molecular flexibility index (Phi) is 7.40. The zero-order chi connectivity index (χ0) is 23.6. The molecule has 7 heteroatoms. The first-order chi connectivity index (χ1) is 14.2. The first-order valence-corrected chi connectivity index (χ1v) is 10.8. The van der Waals surface area contributed by atoms with Crippen LogP contribution in [0.3, 0.4) is 0 Å². The highest BCUT2D eigenvalue weighted by Gasteiger charge is 2.28. The van der Waals surface area contributed by atoms with Crippen molar-refractivity contribution in [2.24, 2.45) is 0 Å². The molecule has 1 aliphatic heterocycles. The van der Waals surface area contributed by atoms with E-state index in [2.05, 4.69) is 5.32 Å². The molecule has 2 rings (SSSR count). The molecule has 172 valence electrons. The number of nitrogens with zero attached hydrogens (tertiary/aromatic N) is 1. The number of piperidine rings is 1. The van der Waals surface area contributed by atoms with Gasteiger partial charge in [-0.25, -0.2) is 9.59 Å². The van der Waals surface area contributed by atoms with Gasteiger partial charge in [0, 0.05) is 24.7 Å². The van der Waals surface area contributed by atoms with Crippen molar-refractivity contribution in [3.63, 3.8) is 0 Å². The Hall–Kier alpha value is -2.57. The molecule has 31 heavy (non-hydrogen) atoms. The molecule has 1 aromatic rings. The van der Waals surface area contributed by atoms with Crippen LogP contribution in [0.15, 0.2) is 12.1 Å². The number of ether oxygens (including phenoxy) is 2. The van der Waals surface area contributed by atoms with Gasteiger partial charge in [0.1, 0.15) is 11.2 Å². The number of likely N-dealkylation sites (tertiary alicyclic amines) is 1. The Bertz CT molecular complexity index is 818. The number of benzene rings is 1. The number of hydrogen-bond donors (Lipinski definition) is 1. The fourth-order valence-corrected chi connectivity index (χ4v) is 3.55. The van der Waals surface area contributed by atoms with Crippen LogP contribution < -0.4 is 5.32 Å². The second kappa shape index (κ2) is 9.28. The fourth-order valence-electron chi connectivity index (χ4n) is 3.55. The third kappa shape index (κ3) is 7.26. The Labute approximate surface area is 185 Å². The molecule has 0 bridgehead atoms. The van der Waals surface area contributed by atoms with Gasteiger partial charge in [-0.15, -0.1) is 0 Å². The zero-order valence-corrected chi connectivity index (χ0v) is 20.0. The summed E-state index contributed by atoms with van der Waals surface area (Å²) in [5.41, 5.74) is 1.32. The molecule has 0 atom stereocenters. The van der Waals surface area contributed by atoms with E-state index in [0.717, 1.165) is 0 Å². The molecular formula is C24H36N2O5.